The van der Waals surface area contributed by atoms with E-state index in [1.54, 1.807) is 19.1 Å². The molecule has 1 N–H and O–H groups in total. The number of carbonyl (C=O) groups is 2. The van der Waals surface area contributed by atoms with E-state index in [0.717, 1.165) is 5.39 Å². The number of carboxylic acid groups (broad SMARTS) is 1. The lowest BCUT2D eigenvalue weighted by atomic mass is 10.2. The first kappa shape index (κ1) is 14.3. The SMILES string of the molecule is CCN(CC(=O)O)C(=O)c1cc(Cl)c2ccccc2n1. The average Bonchev–Trinajstić information content (AvgIpc) is 2.43. The van der Waals surface area contributed by atoms with Crippen LogP contribution < -0.4 is 0 Å². The molecule has 104 valence electrons. The van der Waals surface area contributed by atoms with E-state index in [4.69, 9.17) is 16.7 Å². The maximum Gasteiger partial charge on any atom is 0.323 e. The van der Waals surface area contributed by atoms with Crippen LogP contribution in [0.5, 0.6) is 0 Å². The van der Waals surface area contributed by atoms with Gasteiger partial charge < -0.3 is 10.0 Å². The summed E-state index contributed by atoms with van der Waals surface area (Å²) in [5, 5.41) is 9.97. The van der Waals surface area contributed by atoms with Crippen LogP contribution in [0.2, 0.25) is 5.02 Å². The maximum atomic E-state index is 12.2. The molecule has 5 nitrogen and oxygen atoms in total. The van der Waals surface area contributed by atoms with Crippen molar-refractivity contribution in [2.45, 2.75) is 6.92 Å². The van der Waals surface area contributed by atoms with E-state index in [2.05, 4.69) is 4.98 Å². The smallest absolute Gasteiger partial charge is 0.323 e. The first-order valence-corrected chi connectivity index (χ1v) is 6.47. The van der Waals surface area contributed by atoms with Crippen molar-refractivity contribution in [1.82, 2.24) is 9.88 Å². The molecule has 1 heterocycles. The largest absolute Gasteiger partial charge is 0.480 e. The van der Waals surface area contributed by atoms with E-state index in [9.17, 15) is 9.59 Å². The number of likely N-dealkylation sites (N-methyl/N-ethyl adjacent to an activating group) is 1. The summed E-state index contributed by atoms with van der Waals surface area (Å²) in [6.07, 6.45) is 0. The van der Waals surface area contributed by atoms with Gasteiger partial charge in [0.25, 0.3) is 5.91 Å². The second-order valence-corrected chi connectivity index (χ2v) is 4.63. The number of carbonyl (C=O) groups excluding carboxylic acids is 1. The Kier molecular flexibility index (Phi) is 4.20. The molecule has 0 radical (unpaired) electrons. The zero-order valence-electron chi connectivity index (χ0n) is 10.8. The molecule has 0 spiro atoms. The van der Waals surface area contributed by atoms with Gasteiger partial charge in [0, 0.05) is 11.9 Å². The van der Waals surface area contributed by atoms with E-state index in [-0.39, 0.29) is 18.8 Å². The maximum absolute atomic E-state index is 12.2. The van der Waals surface area contributed by atoms with Crippen LogP contribution in [0.25, 0.3) is 10.9 Å². The van der Waals surface area contributed by atoms with E-state index in [1.807, 2.05) is 12.1 Å². The first-order valence-electron chi connectivity index (χ1n) is 6.09. The number of amides is 1. The zero-order chi connectivity index (χ0) is 14.7. The summed E-state index contributed by atoms with van der Waals surface area (Å²) in [6, 6.07) is 8.67. The first-order chi connectivity index (χ1) is 9.52. The number of aromatic nitrogens is 1. The van der Waals surface area contributed by atoms with Crippen LogP contribution in [0, 0.1) is 0 Å². The van der Waals surface area contributed by atoms with Crippen LogP contribution in [0.1, 0.15) is 17.4 Å². The van der Waals surface area contributed by atoms with Crippen molar-refractivity contribution in [1.29, 1.82) is 0 Å². The van der Waals surface area contributed by atoms with Crippen molar-refractivity contribution in [3.05, 3.63) is 41.0 Å². The summed E-state index contributed by atoms with van der Waals surface area (Å²) in [6.45, 7) is 1.64. The standard InChI is InChI=1S/C14H13ClN2O3/c1-2-17(8-13(18)19)14(20)12-7-10(15)9-5-3-4-6-11(9)16-12/h3-7H,2,8H2,1H3,(H,18,19). The Morgan fingerprint density at radius 2 is 2.05 bits per heavy atom. The van der Waals surface area contributed by atoms with Gasteiger partial charge in [0.05, 0.1) is 10.5 Å². The molecule has 0 aliphatic rings. The van der Waals surface area contributed by atoms with Crippen molar-refractivity contribution in [2.24, 2.45) is 0 Å². The highest BCUT2D eigenvalue weighted by atomic mass is 35.5. The fraction of sp³-hybridized carbons (Fsp3) is 0.214. The molecule has 0 saturated carbocycles. The van der Waals surface area contributed by atoms with Crippen LogP contribution in [-0.4, -0.2) is 40.0 Å². The van der Waals surface area contributed by atoms with Gasteiger partial charge >= 0.3 is 5.97 Å². The molecule has 0 unspecified atom stereocenters. The third-order valence-corrected chi connectivity index (χ3v) is 3.19. The Morgan fingerprint density at radius 1 is 1.35 bits per heavy atom. The number of pyridine rings is 1. The lowest BCUT2D eigenvalue weighted by molar-refractivity contribution is -0.137. The Morgan fingerprint density at radius 3 is 2.70 bits per heavy atom. The number of nitrogens with zero attached hydrogens (tertiary/aromatic N) is 2. The third-order valence-electron chi connectivity index (χ3n) is 2.88. The highest BCUT2D eigenvalue weighted by Gasteiger charge is 2.19. The molecule has 6 heteroatoms. The van der Waals surface area contributed by atoms with Crippen LogP contribution in [0.3, 0.4) is 0 Å². The number of rotatable bonds is 4. The zero-order valence-corrected chi connectivity index (χ0v) is 11.6. The lowest BCUT2D eigenvalue weighted by Gasteiger charge is -2.18. The molecule has 0 aliphatic carbocycles. The van der Waals surface area contributed by atoms with Crippen LogP contribution in [0.4, 0.5) is 0 Å². The van der Waals surface area contributed by atoms with Gasteiger partial charge in [-0.2, -0.15) is 0 Å². The molecule has 20 heavy (non-hydrogen) atoms. The summed E-state index contributed by atoms with van der Waals surface area (Å²) < 4.78 is 0. The fourth-order valence-electron chi connectivity index (χ4n) is 1.89. The van der Waals surface area contributed by atoms with Crippen molar-refractivity contribution >= 4 is 34.4 Å². The van der Waals surface area contributed by atoms with Crippen molar-refractivity contribution < 1.29 is 14.7 Å². The van der Waals surface area contributed by atoms with E-state index >= 15 is 0 Å². The van der Waals surface area contributed by atoms with Gasteiger partial charge in [-0.3, -0.25) is 9.59 Å². The van der Waals surface area contributed by atoms with E-state index in [0.29, 0.717) is 10.5 Å². The Bertz CT molecular complexity index is 673. The van der Waals surface area contributed by atoms with Gasteiger partial charge in [-0.1, -0.05) is 29.8 Å². The van der Waals surface area contributed by atoms with Gasteiger partial charge in [0.1, 0.15) is 12.2 Å². The lowest BCUT2D eigenvalue weighted by Crippen LogP contribution is -2.35. The van der Waals surface area contributed by atoms with Gasteiger partial charge in [0.2, 0.25) is 0 Å². The van der Waals surface area contributed by atoms with Crippen LogP contribution in [0.15, 0.2) is 30.3 Å². The number of fused-ring (bicyclic) bond motifs is 1. The highest BCUT2D eigenvalue weighted by Crippen LogP contribution is 2.23. The quantitative estimate of drug-likeness (QED) is 0.939. The fourth-order valence-corrected chi connectivity index (χ4v) is 2.16. The van der Waals surface area contributed by atoms with Crippen molar-refractivity contribution in [3.8, 4) is 0 Å². The summed E-state index contributed by atoms with van der Waals surface area (Å²) >= 11 is 6.13. The van der Waals surface area contributed by atoms with Crippen LogP contribution in [-0.2, 0) is 4.79 Å². The minimum Gasteiger partial charge on any atom is -0.480 e. The summed E-state index contributed by atoms with van der Waals surface area (Å²) in [5.74, 6) is -1.50. The number of para-hydroxylation sites is 1. The minimum absolute atomic E-state index is 0.150. The van der Waals surface area contributed by atoms with E-state index in [1.165, 1.54) is 11.0 Å². The number of halogens is 1. The predicted octanol–water partition coefficient (Wildman–Crippen LogP) is 2.43. The molecule has 0 bridgehead atoms. The minimum atomic E-state index is -1.06. The van der Waals surface area contributed by atoms with E-state index < -0.39 is 11.9 Å². The molecule has 0 atom stereocenters. The monoisotopic (exact) mass is 292 g/mol. The predicted molar refractivity (Wildman–Crippen MR) is 76.0 cm³/mol. The Hall–Kier alpha value is -2.14. The van der Waals surface area contributed by atoms with Crippen LogP contribution >= 0.6 is 11.6 Å². The van der Waals surface area contributed by atoms with Gasteiger partial charge in [-0.05, 0) is 19.1 Å². The second kappa shape index (κ2) is 5.88. The Labute approximate surface area is 120 Å². The van der Waals surface area contributed by atoms with Gasteiger partial charge in [-0.25, -0.2) is 4.98 Å². The molecule has 1 amide bonds. The van der Waals surface area contributed by atoms with Crippen molar-refractivity contribution in [2.75, 3.05) is 13.1 Å². The second-order valence-electron chi connectivity index (χ2n) is 4.22. The molecule has 0 saturated heterocycles. The molecular formula is C14H13ClN2O3. The number of carboxylic acids is 1. The summed E-state index contributed by atoms with van der Waals surface area (Å²) in [5.41, 5.74) is 0.756. The molecule has 2 rings (SSSR count). The summed E-state index contributed by atoms with van der Waals surface area (Å²) in [7, 11) is 0. The number of hydrogen-bond acceptors (Lipinski definition) is 3. The molecule has 0 aliphatic heterocycles. The molecule has 1 aromatic carbocycles. The topological polar surface area (TPSA) is 70.5 Å². The highest BCUT2D eigenvalue weighted by molar-refractivity contribution is 6.35. The number of aliphatic carboxylic acids is 1. The average molecular weight is 293 g/mol. The Balaban J connectivity index is 2.41. The van der Waals surface area contributed by atoms with Gasteiger partial charge in [-0.15, -0.1) is 0 Å². The van der Waals surface area contributed by atoms with Crippen molar-refractivity contribution in [3.63, 3.8) is 0 Å². The molecule has 0 fully saturated rings. The summed E-state index contributed by atoms with van der Waals surface area (Å²) in [4.78, 5) is 28.4. The third kappa shape index (κ3) is 2.88. The molecule has 1 aromatic heterocycles. The number of hydrogen-bond donors (Lipinski definition) is 1. The molecule has 2 aromatic rings. The normalized spacial score (nSPS) is 10.5. The molecular weight excluding hydrogens is 280 g/mol. The van der Waals surface area contributed by atoms with Gasteiger partial charge in [0.15, 0.2) is 0 Å². The number of benzene rings is 1.